The molecule has 1 heterocycles. The number of hydrogen-bond acceptors (Lipinski definition) is 3. The summed E-state index contributed by atoms with van der Waals surface area (Å²) in [7, 11) is -3.71. The SMILES string of the molecule is O=S(=O)(Nc1nn(Cc2ccccc2)cc1Cl)c1ccccc1. The first-order chi connectivity index (χ1) is 11.0. The molecule has 3 aromatic rings. The van der Waals surface area contributed by atoms with Crippen LogP contribution in [-0.2, 0) is 16.6 Å². The van der Waals surface area contributed by atoms with Crippen LogP contribution >= 0.6 is 11.6 Å². The maximum atomic E-state index is 12.3. The Morgan fingerprint density at radius 3 is 2.26 bits per heavy atom. The van der Waals surface area contributed by atoms with Gasteiger partial charge in [-0.05, 0) is 17.7 Å². The van der Waals surface area contributed by atoms with Crippen molar-refractivity contribution in [3.8, 4) is 0 Å². The average Bonchev–Trinajstić information content (AvgIpc) is 2.88. The summed E-state index contributed by atoms with van der Waals surface area (Å²) in [6.07, 6.45) is 1.59. The average molecular weight is 348 g/mol. The van der Waals surface area contributed by atoms with E-state index >= 15 is 0 Å². The Morgan fingerprint density at radius 2 is 1.61 bits per heavy atom. The summed E-state index contributed by atoms with van der Waals surface area (Å²) >= 11 is 6.09. The van der Waals surface area contributed by atoms with Gasteiger partial charge in [-0.25, -0.2) is 8.42 Å². The molecule has 0 unspecified atom stereocenters. The van der Waals surface area contributed by atoms with E-state index in [4.69, 9.17) is 11.6 Å². The van der Waals surface area contributed by atoms with Crippen molar-refractivity contribution in [2.45, 2.75) is 11.4 Å². The number of aromatic nitrogens is 2. The fourth-order valence-electron chi connectivity index (χ4n) is 2.10. The summed E-state index contributed by atoms with van der Waals surface area (Å²) < 4.78 is 28.6. The van der Waals surface area contributed by atoms with Crippen LogP contribution in [-0.4, -0.2) is 18.2 Å². The summed E-state index contributed by atoms with van der Waals surface area (Å²) in [6.45, 7) is 0.508. The fourth-order valence-corrected chi connectivity index (χ4v) is 3.40. The predicted octanol–water partition coefficient (Wildman–Crippen LogP) is 3.39. The molecule has 1 aromatic heterocycles. The number of benzene rings is 2. The number of rotatable bonds is 5. The van der Waals surface area contributed by atoms with Crippen LogP contribution in [0.25, 0.3) is 0 Å². The lowest BCUT2D eigenvalue weighted by atomic mass is 10.2. The van der Waals surface area contributed by atoms with Crippen LogP contribution < -0.4 is 4.72 Å². The Bertz CT molecular complexity index is 894. The zero-order chi connectivity index (χ0) is 16.3. The standard InChI is InChI=1S/C16H14ClN3O2S/c17-15-12-20(11-13-7-3-1-4-8-13)18-16(15)19-23(21,22)14-9-5-2-6-10-14/h1-10,12H,11H2,(H,18,19). The molecule has 0 saturated heterocycles. The van der Waals surface area contributed by atoms with Crippen LogP contribution in [0.5, 0.6) is 0 Å². The fraction of sp³-hybridized carbons (Fsp3) is 0.0625. The molecular weight excluding hydrogens is 334 g/mol. The Hall–Kier alpha value is -2.31. The predicted molar refractivity (Wildman–Crippen MR) is 90.0 cm³/mol. The molecule has 0 aliphatic carbocycles. The molecule has 0 spiro atoms. The third kappa shape index (κ3) is 3.72. The van der Waals surface area contributed by atoms with Crippen LogP contribution in [0.2, 0.25) is 5.02 Å². The van der Waals surface area contributed by atoms with E-state index in [-0.39, 0.29) is 15.7 Å². The van der Waals surface area contributed by atoms with Crippen molar-refractivity contribution in [2.75, 3.05) is 4.72 Å². The summed E-state index contributed by atoms with van der Waals surface area (Å²) in [6, 6.07) is 17.8. The van der Waals surface area contributed by atoms with Gasteiger partial charge in [0.15, 0.2) is 5.82 Å². The Morgan fingerprint density at radius 1 is 1.00 bits per heavy atom. The molecule has 0 aliphatic heterocycles. The highest BCUT2D eigenvalue weighted by molar-refractivity contribution is 7.92. The topological polar surface area (TPSA) is 64.0 Å². The van der Waals surface area contributed by atoms with Crippen molar-refractivity contribution in [1.29, 1.82) is 0 Å². The number of hydrogen-bond donors (Lipinski definition) is 1. The number of nitrogens with one attached hydrogen (secondary N) is 1. The zero-order valence-corrected chi connectivity index (χ0v) is 13.6. The van der Waals surface area contributed by atoms with E-state index in [0.717, 1.165) is 5.56 Å². The Balaban J connectivity index is 1.82. The maximum Gasteiger partial charge on any atom is 0.263 e. The summed E-state index contributed by atoms with van der Waals surface area (Å²) in [5.74, 6) is 0.117. The minimum absolute atomic E-state index is 0.117. The zero-order valence-electron chi connectivity index (χ0n) is 12.1. The van der Waals surface area contributed by atoms with Gasteiger partial charge in [0.05, 0.1) is 11.4 Å². The third-order valence-corrected chi connectivity index (χ3v) is 4.82. The molecule has 0 aliphatic rings. The normalized spacial score (nSPS) is 11.3. The van der Waals surface area contributed by atoms with Crippen molar-refractivity contribution < 1.29 is 8.42 Å². The molecule has 0 atom stereocenters. The second-order valence-corrected chi connectivity index (χ2v) is 7.02. The summed E-state index contributed by atoms with van der Waals surface area (Å²) in [4.78, 5) is 0.161. The van der Waals surface area contributed by atoms with Gasteiger partial charge in [-0.3, -0.25) is 9.40 Å². The van der Waals surface area contributed by atoms with Gasteiger partial charge in [-0.2, -0.15) is 5.10 Å². The van der Waals surface area contributed by atoms with E-state index in [1.165, 1.54) is 12.1 Å². The lowest BCUT2D eigenvalue weighted by molar-refractivity contribution is 0.600. The maximum absolute atomic E-state index is 12.3. The molecule has 5 nitrogen and oxygen atoms in total. The van der Waals surface area contributed by atoms with Crippen LogP contribution in [0.15, 0.2) is 71.8 Å². The van der Waals surface area contributed by atoms with Crippen LogP contribution in [0.1, 0.15) is 5.56 Å². The first-order valence-corrected chi connectivity index (χ1v) is 8.75. The van der Waals surface area contributed by atoms with Gasteiger partial charge in [0.1, 0.15) is 5.02 Å². The molecular formula is C16H14ClN3O2S. The van der Waals surface area contributed by atoms with Crippen molar-refractivity contribution in [3.63, 3.8) is 0 Å². The third-order valence-electron chi connectivity index (χ3n) is 3.19. The number of anilines is 1. The molecule has 118 valence electrons. The van der Waals surface area contributed by atoms with E-state index in [0.29, 0.717) is 6.54 Å². The molecule has 7 heteroatoms. The minimum atomic E-state index is -3.71. The lowest BCUT2D eigenvalue weighted by Crippen LogP contribution is -2.14. The van der Waals surface area contributed by atoms with Crippen LogP contribution in [0, 0.1) is 0 Å². The van der Waals surface area contributed by atoms with Gasteiger partial charge >= 0.3 is 0 Å². The van der Waals surface area contributed by atoms with Gasteiger partial charge in [-0.1, -0.05) is 60.1 Å². The summed E-state index contributed by atoms with van der Waals surface area (Å²) in [5.41, 5.74) is 1.05. The van der Waals surface area contributed by atoms with E-state index in [1.807, 2.05) is 30.3 Å². The molecule has 0 fully saturated rings. The van der Waals surface area contributed by atoms with E-state index < -0.39 is 10.0 Å². The molecule has 3 rings (SSSR count). The molecule has 0 saturated carbocycles. The van der Waals surface area contributed by atoms with Gasteiger partial charge in [-0.15, -0.1) is 0 Å². The van der Waals surface area contributed by atoms with Gasteiger partial charge in [0.2, 0.25) is 0 Å². The van der Waals surface area contributed by atoms with Gasteiger partial charge in [0, 0.05) is 6.20 Å². The Labute approximate surface area is 139 Å². The van der Waals surface area contributed by atoms with E-state index in [1.54, 1.807) is 29.1 Å². The largest absolute Gasteiger partial charge is 0.265 e. The van der Waals surface area contributed by atoms with E-state index in [9.17, 15) is 8.42 Å². The second kappa shape index (κ2) is 6.44. The minimum Gasteiger partial charge on any atom is -0.265 e. The Kier molecular flexibility index (Phi) is 4.36. The molecule has 23 heavy (non-hydrogen) atoms. The van der Waals surface area contributed by atoms with Crippen molar-refractivity contribution in [1.82, 2.24) is 9.78 Å². The molecule has 0 radical (unpaired) electrons. The van der Waals surface area contributed by atoms with Crippen LogP contribution in [0.4, 0.5) is 5.82 Å². The van der Waals surface area contributed by atoms with Crippen molar-refractivity contribution in [3.05, 3.63) is 77.4 Å². The first kappa shape index (κ1) is 15.6. The molecule has 1 N–H and O–H groups in total. The second-order valence-electron chi connectivity index (χ2n) is 4.93. The first-order valence-electron chi connectivity index (χ1n) is 6.89. The number of sulfonamides is 1. The highest BCUT2D eigenvalue weighted by Gasteiger charge is 2.17. The highest BCUT2D eigenvalue weighted by atomic mass is 35.5. The molecule has 2 aromatic carbocycles. The lowest BCUT2D eigenvalue weighted by Gasteiger charge is -2.05. The van der Waals surface area contributed by atoms with Gasteiger partial charge < -0.3 is 0 Å². The molecule has 0 bridgehead atoms. The summed E-state index contributed by atoms with van der Waals surface area (Å²) in [5, 5.41) is 4.46. The van der Waals surface area contributed by atoms with Gasteiger partial charge in [0.25, 0.3) is 10.0 Å². The van der Waals surface area contributed by atoms with Crippen LogP contribution in [0.3, 0.4) is 0 Å². The monoisotopic (exact) mass is 347 g/mol. The van der Waals surface area contributed by atoms with E-state index in [2.05, 4.69) is 9.82 Å². The number of nitrogens with zero attached hydrogens (tertiary/aromatic N) is 2. The quantitative estimate of drug-likeness (QED) is 0.769. The van der Waals surface area contributed by atoms with Crippen molar-refractivity contribution >= 4 is 27.4 Å². The highest BCUT2D eigenvalue weighted by Crippen LogP contribution is 2.23. The molecule has 0 amide bonds. The smallest absolute Gasteiger partial charge is 0.263 e. The number of halogens is 1. The van der Waals surface area contributed by atoms with Crippen molar-refractivity contribution in [2.24, 2.45) is 0 Å².